The monoisotopic (exact) mass is 382 g/mol. The van der Waals surface area contributed by atoms with Gasteiger partial charge in [0, 0.05) is 11.6 Å². The van der Waals surface area contributed by atoms with Gasteiger partial charge in [-0.2, -0.15) is 4.99 Å². The summed E-state index contributed by atoms with van der Waals surface area (Å²) in [5.41, 5.74) is 2.90. The lowest BCUT2D eigenvalue weighted by Crippen LogP contribution is -2.13. The third-order valence-corrected chi connectivity index (χ3v) is 5.81. The molecule has 0 bridgehead atoms. The van der Waals surface area contributed by atoms with Gasteiger partial charge in [-0.25, -0.2) is 4.39 Å². The van der Waals surface area contributed by atoms with E-state index in [1.54, 1.807) is 0 Å². The SMILES string of the molecule is CCCCCC1CCC(c2ccc(-c3ncc(N=C=S)cc3F)cc2)CC1. The first-order chi connectivity index (χ1) is 13.2. The zero-order valence-corrected chi connectivity index (χ0v) is 16.8. The summed E-state index contributed by atoms with van der Waals surface area (Å²) in [6.07, 6.45) is 12.2. The van der Waals surface area contributed by atoms with Crippen LogP contribution in [0.3, 0.4) is 0 Å². The highest BCUT2D eigenvalue weighted by Gasteiger charge is 2.22. The van der Waals surface area contributed by atoms with Crippen LogP contribution < -0.4 is 0 Å². The number of pyridine rings is 1. The Hall–Kier alpha value is -1.90. The molecule has 1 aliphatic rings. The zero-order valence-electron chi connectivity index (χ0n) is 16.0. The van der Waals surface area contributed by atoms with Gasteiger partial charge in [-0.05, 0) is 55.3 Å². The standard InChI is InChI=1S/C23H27FN2S/c1-2-3-4-5-17-6-8-18(9-7-17)19-10-12-20(13-11-19)23-22(24)14-21(15-25-23)26-16-27/h10-15,17-18H,2-9H2,1H3. The van der Waals surface area contributed by atoms with Crippen LogP contribution >= 0.6 is 12.2 Å². The molecule has 1 heterocycles. The summed E-state index contributed by atoms with van der Waals surface area (Å²) in [6, 6.07) is 9.59. The predicted octanol–water partition coefficient (Wildman–Crippen LogP) is 7.48. The fourth-order valence-electron chi connectivity index (χ4n) is 4.13. The Kier molecular flexibility index (Phi) is 7.25. The molecule has 1 aromatic carbocycles. The Labute approximate surface area is 167 Å². The Bertz CT molecular complexity index is 789. The van der Waals surface area contributed by atoms with Gasteiger partial charge in [-0.15, -0.1) is 0 Å². The summed E-state index contributed by atoms with van der Waals surface area (Å²) in [6.45, 7) is 2.27. The number of halogens is 1. The fourth-order valence-corrected chi connectivity index (χ4v) is 4.24. The van der Waals surface area contributed by atoms with E-state index in [1.165, 1.54) is 69.2 Å². The molecule has 142 valence electrons. The largest absolute Gasteiger partial charge is 0.251 e. The van der Waals surface area contributed by atoms with E-state index in [0.29, 0.717) is 17.3 Å². The van der Waals surface area contributed by atoms with Crippen molar-refractivity contribution in [2.45, 2.75) is 64.2 Å². The highest BCUT2D eigenvalue weighted by molar-refractivity contribution is 7.78. The van der Waals surface area contributed by atoms with Gasteiger partial charge in [0.2, 0.25) is 0 Å². The number of benzene rings is 1. The maximum atomic E-state index is 14.3. The summed E-state index contributed by atoms with van der Waals surface area (Å²) in [4.78, 5) is 7.97. The molecular weight excluding hydrogens is 355 g/mol. The first kappa shape index (κ1) is 19.9. The Balaban J connectivity index is 1.62. The third kappa shape index (κ3) is 5.31. The zero-order chi connectivity index (χ0) is 19.1. The van der Waals surface area contributed by atoms with Gasteiger partial charge in [-0.1, -0.05) is 56.9 Å². The maximum absolute atomic E-state index is 14.3. The molecule has 0 saturated heterocycles. The van der Waals surface area contributed by atoms with Crippen LogP contribution in [-0.2, 0) is 0 Å². The van der Waals surface area contributed by atoms with E-state index in [-0.39, 0.29) is 5.82 Å². The van der Waals surface area contributed by atoms with Crippen molar-refractivity contribution in [1.29, 1.82) is 0 Å². The van der Waals surface area contributed by atoms with Crippen molar-refractivity contribution in [3.05, 3.63) is 47.9 Å². The van der Waals surface area contributed by atoms with Crippen LogP contribution in [0.1, 0.15) is 69.8 Å². The molecule has 0 aliphatic heterocycles. The number of aromatic nitrogens is 1. The summed E-state index contributed by atoms with van der Waals surface area (Å²) >= 11 is 4.55. The Morgan fingerprint density at radius 3 is 2.52 bits per heavy atom. The van der Waals surface area contributed by atoms with E-state index >= 15 is 0 Å². The van der Waals surface area contributed by atoms with Crippen molar-refractivity contribution in [3.8, 4) is 11.3 Å². The molecule has 4 heteroatoms. The Morgan fingerprint density at radius 2 is 1.89 bits per heavy atom. The summed E-state index contributed by atoms with van der Waals surface area (Å²) in [5, 5.41) is 2.23. The van der Waals surface area contributed by atoms with Gasteiger partial charge < -0.3 is 0 Å². The molecule has 0 unspecified atom stereocenters. The van der Waals surface area contributed by atoms with Crippen LogP contribution in [0.25, 0.3) is 11.3 Å². The fraction of sp³-hybridized carbons (Fsp3) is 0.478. The number of thiocarbonyl (C=S) groups is 1. The van der Waals surface area contributed by atoms with Crippen LogP contribution in [-0.4, -0.2) is 10.1 Å². The van der Waals surface area contributed by atoms with Gasteiger partial charge in [0.1, 0.15) is 5.69 Å². The number of unbranched alkanes of at least 4 members (excludes halogenated alkanes) is 2. The number of hydrogen-bond acceptors (Lipinski definition) is 3. The second kappa shape index (κ2) is 9.87. The molecular formula is C23H27FN2S. The number of nitrogens with zero attached hydrogens (tertiary/aromatic N) is 2. The van der Waals surface area contributed by atoms with Gasteiger partial charge >= 0.3 is 0 Å². The van der Waals surface area contributed by atoms with Gasteiger partial charge in [0.25, 0.3) is 0 Å². The lowest BCUT2D eigenvalue weighted by Gasteiger charge is -2.29. The molecule has 2 aromatic rings. The molecule has 0 atom stereocenters. The molecule has 27 heavy (non-hydrogen) atoms. The second-order valence-corrected chi connectivity index (χ2v) is 7.75. The van der Waals surface area contributed by atoms with Crippen LogP contribution in [0.2, 0.25) is 0 Å². The average molecular weight is 383 g/mol. The molecule has 0 N–H and O–H groups in total. The summed E-state index contributed by atoms with van der Waals surface area (Å²) in [5.74, 6) is 1.17. The highest BCUT2D eigenvalue weighted by Crippen LogP contribution is 2.38. The van der Waals surface area contributed by atoms with E-state index in [2.05, 4.69) is 46.4 Å². The molecule has 2 nitrogen and oxygen atoms in total. The quantitative estimate of drug-likeness (QED) is 0.282. The Morgan fingerprint density at radius 1 is 1.15 bits per heavy atom. The minimum Gasteiger partial charge on any atom is -0.251 e. The molecule has 1 saturated carbocycles. The number of rotatable bonds is 7. The van der Waals surface area contributed by atoms with Crippen LogP contribution in [0.5, 0.6) is 0 Å². The highest BCUT2D eigenvalue weighted by atomic mass is 32.1. The van der Waals surface area contributed by atoms with Crippen molar-refractivity contribution >= 4 is 23.1 Å². The van der Waals surface area contributed by atoms with Gasteiger partial charge in [-0.3, -0.25) is 4.98 Å². The topological polar surface area (TPSA) is 25.2 Å². The van der Waals surface area contributed by atoms with Crippen molar-refractivity contribution in [2.75, 3.05) is 0 Å². The maximum Gasteiger partial charge on any atom is 0.151 e. The molecule has 1 fully saturated rings. The van der Waals surface area contributed by atoms with E-state index < -0.39 is 0 Å². The van der Waals surface area contributed by atoms with Crippen molar-refractivity contribution in [2.24, 2.45) is 10.9 Å². The summed E-state index contributed by atoms with van der Waals surface area (Å²) in [7, 11) is 0. The summed E-state index contributed by atoms with van der Waals surface area (Å²) < 4.78 is 14.3. The lowest BCUT2D eigenvalue weighted by molar-refractivity contribution is 0.303. The number of isothiocyanates is 1. The van der Waals surface area contributed by atoms with Crippen LogP contribution in [0, 0.1) is 11.7 Å². The van der Waals surface area contributed by atoms with E-state index in [0.717, 1.165) is 11.5 Å². The smallest absolute Gasteiger partial charge is 0.151 e. The second-order valence-electron chi connectivity index (χ2n) is 7.56. The number of hydrogen-bond donors (Lipinski definition) is 0. The minimum absolute atomic E-state index is 0.351. The molecule has 1 aliphatic carbocycles. The molecule has 0 radical (unpaired) electrons. The molecule has 3 rings (SSSR count). The van der Waals surface area contributed by atoms with Gasteiger partial charge in [0.15, 0.2) is 5.82 Å². The first-order valence-corrected chi connectivity index (χ1v) is 10.5. The number of aliphatic imine (C=N–C) groups is 1. The lowest BCUT2D eigenvalue weighted by atomic mass is 9.77. The van der Waals surface area contributed by atoms with Crippen molar-refractivity contribution < 1.29 is 4.39 Å². The molecule has 1 aromatic heterocycles. The van der Waals surface area contributed by atoms with Gasteiger partial charge in [0.05, 0.1) is 17.0 Å². The van der Waals surface area contributed by atoms with E-state index in [1.807, 2.05) is 12.1 Å². The van der Waals surface area contributed by atoms with E-state index in [9.17, 15) is 4.39 Å². The molecule has 0 spiro atoms. The van der Waals surface area contributed by atoms with E-state index in [4.69, 9.17) is 0 Å². The van der Waals surface area contributed by atoms with Crippen LogP contribution in [0.4, 0.5) is 10.1 Å². The average Bonchev–Trinajstić information content (AvgIpc) is 2.69. The third-order valence-electron chi connectivity index (χ3n) is 5.72. The predicted molar refractivity (Wildman–Crippen MR) is 113 cm³/mol. The van der Waals surface area contributed by atoms with Crippen LogP contribution in [0.15, 0.2) is 41.5 Å². The first-order valence-electron chi connectivity index (χ1n) is 10.0. The molecule has 0 amide bonds. The van der Waals surface area contributed by atoms with Crippen molar-refractivity contribution in [3.63, 3.8) is 0 Å². The normalized spacial score (nSPS) is 19.5. The minimum atomic E-state index is -0.387. The van der Waals surface area contributed by atoms with Crippen molar-refractivity contribution in [1.82, 2.24) is 4.98 Å².